The lowest BCUT2D eigenvalue weighted by atomic mass is 10.3. The molecule has 5 rings (SSSR count). The fourth-order valence-electron chi connectivity index (χ4n) is 3.26. The van der Waals surface area contributed by atoms with Crippen LogP contribution in [0.5, 0.6) is 0 Å². The predicted molar refractivity (Wildman–Crippen MR) is 94.0 cm³/mol. The van der Waals surface area contributed by atoms with Crippen molar-refractivity contribution < 1.29 is 4.42 Å². The number of nitrogens with zero attached hydrogens (tertiary/aromatic N) is 7. The van der Waals surface area contributed by atoms with E-state index in [1.54, 1.807) is 6.20 Å². The van der Waals surface area contributed by atoms with Crippen molar-refractivity contribution in [3.05, 3.63) is 42.5 Å². The van der Waals surface area contributed by atoms with Crippen LogP contribution < -0.4 is 9.80 Å². The number of benzene rings is 1. The van der Waals surface area contributed by atoms with Crippen LogP contribution >= 0.6 is 0 Å². The summed E-state index contributed by atoms with van der Waals surface area (Å²) in [7, 11) is 0. The van der Waals surface area contributed by atoms with Crippen molar-refractivity contribution in [2.24, 2.45) is 0 Å². The molecule has 0 saturated carbocycles. The van der Waals surface area contributed by atoms with Gasteiger partial charge >= 0.3 is 0 Å². The zero-order valence-electron chi connectivity index (χ0n) is 13.8. The molecule has 0 atom stereocenters. The van der Waals surface area contributed by atoms with E-state index in [1.165, 1.54) is 0 Å². The van der Waals surface area contributed by atoms with E-state index >= 15 is 0 Å². The van der Waals surface area contributed by atoms with Crippen molar-refractivity contribution >= 4 is 28.6 Å². The van der Waals surface area contributed by atoms with E-state index in [4.69, 9.17) is 4.42 Å². The minimum atomic E-state index is 0.686. The monoisotopic (exact) mass is 335 g/mol. The molecule has 0 amide bonds. The average molecular weight is 335 g/mol. The fourth-order valence-corrected chi connectivity index (χ4v) is 3.26. The van der Waals surface area contributed by atoms with Gasteiger partial charge in [-0.15, -0.1) is 10.2 Å². The van der Waals surface area contributed by atoms with E-state index in [2.05, 4.69) is 30.0 Å². The van der Waals surface area contributed by atoms with Crippen LogP contribution in [0.3, 0.4) is 0 Å². The molecule has 126 valence electrons. The molecule has 8 heteroatoms. The van der Waals surface area contributed by atoms with Crippen LogP contribution in [0.4, 0.5) is 11.8 Å². The maximum atomic E-state index is 5.88. The van der Waals surface area contributed by atoms with Gasteiger partial charge in [-0.05, 0) is 19.1 Å². The highest BCUT2D eigenvalue weighted by Gasteiger charge is 2.24. The van der Waals surface area contributed by atoms with Gasteiger partial charge in [-0.3, -0.25) is 4.40 Å². The van der Waals surface area contributed by atoms with E-state index < -0.39 is 0 Å². The van der Waals surface area contributed by atoms with E-state index in [9.17, 15) is 0 Å². The van der Waals surface area contributed by atoms with E-state index in [1.807, 2.05) is 41.8 Å². The molecule has 0 spiro atoms. The van der Waals surface area contributed by atoms with Crippen LogP contribution in [0.15, 0.2) is 41.1 Å². The third kappa shape index (κ3) is 2.29. The van der Waals surface area contributed by atoms with Gasteiger partial charge in [-0.2, -0.15) is 4.98 Å². The van der Waals surface area contributed by atoms with Crippen LogP contribution in [-0.4, -0.2) is 50.7 Å². The maximum Gasteiger partial charge on any atom is 0.298 e. The van der Waals surface area contributed by atoms with Crippen molar-refractivity contribution in [1.29, 1.82) is 0 Å². The summed E-state index contributed by atoms with van der Waals surface area (Å²) in [4.78, 5) is 13.5. The second-order valence-corrected chi connectivity index (χ2v) is 6.13. The molecule has 25 heavy (non-hydrogen) atoms. The number of rotatable bonds is 2. The highest BCUT2D eigenvalue weighted by Crippen LogP contribution is 2.24. The normalized spacial score (nSPS) is 15.4. The molecule has 0 bridgehead atoms. The van der Waals surface area contributed by atoms with E-state index in [0.717, 1.165) is 54.6 Å². The summed E-state index contributed by atoms with van der Waals surface area (Å²) in [5.41, 5.74) is 2.52. The summed E-state index contributed by atoms with van der Waals surface area (Å²) in [6.45, 7) is 5.24. The van der Waals surface area contributed by atoms with Crippen LogP contribution in [-0.2, 0) is 0 Å². The smallest absolute Gasteiger partial charge is 0.298 e. The van der Waals surface area contributed by atoms with Gasteiger partial charge in [0.15, 0.2) is 11.4 Å². The van der Waals surface area contributed by atoms with Gasteiger partial charge in [0.25, 0.3) is 6.01 Å². The molecule has 1 aliphatic rings. The first-order valence-corrected chi connectivity index (χ1v) is 8.31. The molecule has 8 nitrogen and oxygen atoms in total. The number of hydrogen-bond acceptors (Lipinski definition) is 7. The van der Waals surface area contributed by atoms with Crippen LogP contribution in [0, 0.1) is 6.92 Å². The zero-order chi connectivity index (χ0) is 16.8. The third-order valence-corrected chi connectivity index (χ3v) is 4.61. The molecule has 1 saturated heterocycles. The number of aromatic nitrogens is 5. The minimum Gasteiger partial charge on any atom is -0.423 e. The van der Waals surface area contributed by atoms with Crippen molar-refractivity contribution in [3.63, 3.8) is 0 Å². The Hall–Kier alpha value is -3.16. The standard InChI is InChI=1S/C17H17N7O/c1-12-20-21-16-15(18-6-7-24(12)16)22-8-10-23(11-9-22)17-19-13-4-2-3-5-14(13)25-17/h2-7H,8-11H2,1H3. The number of aryl methyl sites for hydroxylation is 1. The lowest BCUT2D eigenvalue weighted by Gasteiger charge is -2.34. The fraction of sp³-hybridized carbons (Fsp3) is 0.294. The number of oxazole rings is 1. The summed E-state index contributed by atoms with van der Waals surface area (Å²) in [5.74, 6) is 1.74. The van der Waals surface area contributed by atoms with Gasteiger partial charge in [0, 0.05) is 38.6 Å². The summed E-state index contributed by atoms with van der Waals surface area (Å²) in [5, 5.41) is 8.41. The van der Waals surface area contributed by atoms with Crippen molar-refractivity contribution in [3.8, 4) is 0 Å². The second kappa shape index (κ2) is 5.44. The van der Waals surface area contributed by atoms with Crippen molar-refractivity contribution in [1.82, 2.24) is 24.6 Å². The van der Waals surface area contributed by atoms with Gasteiger partial charge in [-0.25, -0.2) is 4.98 Å². The molecule has 1 fully saturated rings. The highest BCUT2D eigenvalue weighted by atomic mass is 16.4. The predicted octanol–water partition coefficient (Wildman–Crippen LogP) is 1.90. The number of piperazine rings is 1. The third-order valence-electron chi connectivity index (χ3n) is 4.61. The molecule has 0 N–H and O–H groups in total. The van der Waals surface area contributed by atoms with Gasteiger partial charge in [0.2, 0.25) is 5.65 Å². The SMILES string of the molecule is Cc1nnc2c(N3CCN(c4nc5ccccc5o4)CC3)nccn12. The second-order valence-electron chi connectivity index (χ2n) is 6.13. The quantitative estimate of drug-likeness (QED) is 0.554. The van der Waals surface area contributed by atoms with Crippen molar-refractivity contribution in [2.75, 3.05) is 36.0 Å². The lowest BCUT2D eigenvalue weighted by molar-refractivity contribution is 0.540. The van der Waals surface area contributed by atoms with Gasteiger partial charge in [-0.1, -0.05) is 12.1 Å². The van der Waals surface area contributed by atoms with Crippen LogP contribution in [0.25, 0.3) is 16.7 Å². The Balaban J connectivity index is 1.38. The Morgan fingerprint density at radius 3 is 2.64 bits per heavy atom. The molecular formula is C17H17N7O. The highest BCUT2D eigenvalue weighted by molar-refractivity contribution is 5.74. The number of anilines is 2. The van der Waals surface area contributed by atoms with Gasteiger partial charge in [0.1, 0.15) is 11.3 Å². The zero-order valence-corrected chi connectivity index (χ0v) is 13.8. The van der Waals surface area contributed by atoms with Crippen LogP contribution in [0.1, 0.15) is 5.82 Å². The summed E-state index contributed by atoms with van der Waals surface area (Å²) in [6.07, 6.45) is 3.69. The largest absolute Gasteiger partial charge is 0.423 e. The topological polar surface area (TPSA) is 75.6 Å². The first-order valence-electron chi connectivity index (χ1n) is 8.31. The molecule has 0 aliphatic carbocycles. The number of hydrogen-bond donors (Lipinski definition) is 0. The average Bonchev–Trinajstić information content (AvgIpc) is 3.26. The maximum absolute atomic E-state index is 5.88. The van der Waals surface area contributed by atoms with E-state index in [-0.39, 0.29) is 0 Å². The molecule has 3 aromatic heterocycles. The minimum absolute atomic E-state index is 0.686. The molecule has 4 heterocycles. The molecule has 1 aliphatic heterocycles. The molecule has 0 radical (unpaired) electrons. The Kier molecular flexibility index (Phi) is 3.09. The first-order chi connectivity index (χ1) is 12.3. The van der Waals surface area contributed by atoms with Gasteiger partial charge < -0.3 is 14.2 Å². The van der Waals surface area contributed by atoms with Crippen molar-refractivity contribution in [2.45, 2.75) is 6.92 Å². The molecular weight excluding hydrogens is 318 g/mol. The summed E-state index contributed by atoms with van der Waals surface area (Å²) >= 11 is 0. The molecule has 4 aromatic rings. The van der Waals surface area contributed by atoms with Gasteiger partial charge in [0.05, 0.1) is 0 Å². The summed E-state index contributed by atoms with van der Waals surface area (Å²) < 4.78 is 7.84. The molecule has 1 aromatic carbocycles. The number of para-hydroxylation sites is 2. The Morgan fingerprint density at radius 1 is 1.00 bits per heavy atom. The Bertz CT molecular complexity index is 1010. The first kappa shape index (κ1) is 14.2. The number of fused-ring (bicyclic) bond motifs is 2. The Morgan fingerprint density at radius 2 is 1.80 bits per heavy atom. The Labute approximate surface area is 143 Å². The van der Waals surface area contributed by atoms with Crippen LogP contribution in [0.2, 0.25) is 0 Å². The lowest BCUT2D eigenvalue weighted by Crippen LogP contribution is -2.47. The van der Waals surface area contributed by atoms with E-state index in [0.29, 0.717) is 6.01 Å². The summed E-state index contributed by atoms with van der Waals surface area (Å²) in [6, 6.07) is 8.53. The molecule has 0 unspecified atom stereocenters.